The highest BCUT2D eigenvalue weighted by Crippen LogP contribution is 2.35. The van der Waals surface area contributed by atoms with Gasteiger partial charge in [-0.3, -0.25) is 4.79 Å². The minimum Gasteiger partial charge on any atom is -0.457 e. The van der Waals surface area contributed by atoms with E-state index in [1.807, 2.05) is 18.2 Å². The fourth-order valence-corrected chi connectivity index (χ4v) is 2.67. The van der Waals surface area contributed by atoms with Crippen molar-refractivity contribution in [2.24, 2.45) is 0 Å². The molecule has 5 heteroatoms. The molecule has 1 aliphatic carbocycles. The van der Waals surface area contributed by atoms with Gasteiger partial charge in [0.15, 0.2) is 0 Å². The molecule has 0 fully saturated rings. The molecule has 22 heavy (non-hydrogen) atoms. The third-order valence-electron chi connectivity index (χ3n) is 3.41. The molecule has 3 nitrogen and oxygen atoms in total. The Morgan fingerprint density at radius 3 is 2.91 bits per heavy atom. The second-order valence-corrected chi connectivity index (χ2v) is 5.80. The summed E-state index contributed by atoms with van der Waals surface area (Å²) in [7, 11) is 0. The van der Waals surface area contributed by atoms with Crippen LogP contribution >= 0.6 is 23.2 Å². The van der Waals surface area contributed by atoms with Gasteiger partial charge in [0.1, 0.15) is 6.10 Å². The lowest BCUT2D eigenvalue weighted by Crippen LogP contribution is -2.08. The number of anilines is 1. The van der Waals surface area contributed by atoms with Crippen molar-refractivity contribution in [3.8, 4) is 0 Å². The predicted molar refractivity (Wildman–Crippen MR) is 90.7 cm³/mol. The normalized spacial score (nSPS) is 18.0. The van der Waals surface area contributed by atoms with Crippen molar-refractivity contribution in [2.45, 2.75) is 25.4 Å². The molecule has 2 rings (SSSR count). The van der Waals surface area contributed by atoms with Gasteiger partial charge in [-0.15, -0.1) is 0 Å². The van der Waals surface area contributed by atoms with E-state index in [0.29, 0.717) is 15.8 Å². The fraction of sp³-hybridized carbons (Fsp3) is 0.235. The lowest BCUT2D eigenvalue weighted by atomic mass is 10.1. The van der Waals surface area contributed by atoms with Crippen molar-refractivity contribution in [1.29, 1.82) is 0 Å². The summed E-state index contributed by atoms with van der Waals surface area (Å²) in [6.45, 7) is 3.53. The number of allylic oxidation sites excluding steroid dienone is 4. The SMILES string of the molecule is C=C/C=C(Cl)\C(Cl)=C/CC(=O)OC1CCc2ccc(N)cc21. The number of nitrogen functional groups attached to an aromatic ring is 1. The molecule has 0 saturated heterocycles. The van der Waals surface area contributed by atoms with E-state index in [1.54, 1.807) is 6.08 Å². The molecule has 0 amide bonds. The molecule has 0 spiro atoms. The van der Waals surface area contributed by atoms with Gasteiger partial charge in [0.2, 0.25) is 0 Å². The van der Waals surface area contributed by atoms with Crippen LogP contribution in [0.1, 0.15) is 30.1 Å². The average molecular weight is 338 g/mol. The lowest BCUT2D eigenvalue weighted by molar-refractivity contribution is -0.148. The zero-order chi connectivity index (χ0) is 16.1. The minimum atomic E-state index is -0.346. The number of esters is 1. The summed E-state index contributed by atoms with van der Waals surface area (Å²) in [4.78, 5) is 11.9. The van der Waals surface area contributed by atoms with Crippen molar-refractivity contribution in [3.63, 3.8) is 0 Å². The second kappa shape index (κ2) is 7.52. The predicted octanol–water partition coefficient (Wildman–Crippen LogP) is 4.62. The van der Waals surface area contributed by atoms with Crippen LogP contribution in [0.3, 0.4) is 0 Å². The Morgan fingerprint density at radius 2 is 2.18 bits per heavy atom. The molecule has 0 saturated carbocycles. The van der Waals surface area contributed by atoms with Gasteiger partial charge in [0, 0.05) is 5.69 Å². The summed E-state index contributed by atoms with van der Waals surface area (Å²) < 4.78 is 5.50. The van der Waals surface area contributed by atoms with Crippen LogP contribution in [-0.4, -0.2) is 5.97 Å². The summed E-state index contributed by atoms with van der Waals surface area (Å²) in [5.41, 5.74) is 8.63. The maximum Gasteiger partial charge on any atom is 0.310 e. The molecule has 0 radical (unpaired) electrons. The summed E-state index contributed by atoms with van der Waals surface area (Å²) in [5, 5.41) is 0.637. The molecule has 1 atom stereocenters. The molecule has 0 aromatic heterocycles. The maximum atomic E-state index is 11.9. The topological polar surface area (TPSA) is 52.3 Å². The number of fused-ring (bicyclic) bond motifs is 1. The molecule has 1 unspecified atom stereocenters. The van der Waals surface area contributed by atoms with Gasteiger partial charge in [-0.05, 0) is 42.2 Å². The molecule has 1 aromatic carbocycles. The smallest absolute Gasteiger partial charge is 0.310 e. The van der Waals surface area contributed by atoms with E-state index in [0.717, 1.165) is 18.4 Å². The number of aryl methyl sites for hydroxylation is 1. The van der Waals surface area contributed by atoms with Crippen molar-refractivity contribution in [2.75, 3.05) is 5.73 Å². The first kappa shape index (κ1) is 16.7. The van der Waals surface area contributed by atoms with Gasteiger partial charge >= 0.3 is 5.97 Å². The average Bonchev–Trinajstić information content (AvgIpc) is 2.87. The van der Waals surface area contributed by atoms with Crippen LogP contribution in [0.2, 0.25) is 0 Å². The standard InChI is InChI=1S/C17H17Cl2NO2/c1-2-3-14(18)15(19)7-9-17(21)22-16-8-5-11-4-6-12(20)10-13(11)16/h2-4,6-7,10,16H,1,5,8-9,20H2/b14-3+,15-7+. The molecule has 2 N–H and O–H groups in total. The minimum absolute atomic E-state index is 0.0637. The first-order valence-electron chi connectivity index (χ1n) is 6.93. The monoisotopic (exact) mass is 337 g/mol. The highest BCUT2D eigenvalue weighted by molar-refractivity contribution is 6.44. The largest absolute Gasteiger partial charge is 0.457 e. The molecular weight excluding hydrogens is 321 g/mol. The van der Waals surface area contributed by atoms with E-state index in [-0.39, 0.29) is 18.5 Å². The third-order valence-corrected chi connectivity index (χ3v) is 4.19. The number of ether oxygens (including phenoxy) is 1. The highest BCUT2D eigenvalue weighted by atomic mass is 35.5. The summed E-state index contributed by atoms with van der Waals surface area (Å²) in [5.74, 6) is -0.346. The summed E-state index contributed by atoms with van der Waals surface area (Å²) in [6, 6.07) is 5.71. The Kier molecular flexibility index (Phi) is 5.69. The van der Waals surface area contributed by atoms with Gasteiger partial charge in [0.05, 0.1) is 16.5 Å². The molecule has 1 aliphatic rings. The Balaban J connectivity index is 1.97. The number of carbonyl (C=O) groups is 1. The van der Waals surface area contributed by atoms with Crippen LogP contribution in [0, 0.1) is 0 Å². The van der Waals surface area contributed by atoms with Crippen LogP contribution in [0.15, 0.2) is 53.1 Å². The Bertz CT molecular complexity index is 650. The zero-order valence-electron chi connectivity index (χ0n) is 12.0. The number of hydrogen-bond acceptors (Lipinski definition) is 3. The Morgan fingerprint density at radius 1 is 1.41 bits per heavy atom. The molecule has 1 aromatic rings. The van der Waals surface area contributed by atoms with Crippen LogP contribution in [0.5, 0.6) is 0 Å². The molecule has 0 heterocycles. The van der Waals surface area contributed by atoms with Gasteiger partial charge < -0.3 is 10.5 Å². The molecule has 0 aliphatic heterocycles. The Labute approximate surface area is 140 Å². The van der Waals surface area contributed by atoms with Crippen molar-refractivity contribution in [1.82, 2.24) is 0 Å². The van der Waals surface area contributed by atoms with Crippen LogP contribution < -0.4 is 5.73 Å². The molecule has 0 bridgehead atoms. The number of halogens is 2. The van der Waals surface area contributed by atoms with Crippen molar-refractivity contribution < 1.29 is 9.53 Å². The van der Waals surface area contributed by atoms with E-state index in [4.69, 9.17) is 33.7 Å². The zero-order valence-corrected chi connectivity index (χ0v) is 13.5. The number of benzene rings is 1. The van der Waals surface area contributed by atoms with Gasteiger partial charge in [0.25, 0.3) is 0 Å². The first-order valence-corrected chi connectivity index (χ1v) is 7.69. The first-order chi connectivity index (χ1) is 10.5. The van der Waals surface area contributed by atoms with E-state index in [9.17, 15) is 4.79 Å². The van der Waals surface area contributed by atoms with Crippen molar-refractivity contribution >= 4 is 34.9 Å². The van der Waals surface area contributed by atoms with E-state index in [1.165, 1.54) is 17.7 Å². The number of carbonyl (C=O) groups excluding carboxylic acids is 1. The van der Waals surface area contributed by atoms with Crippen LogP contribution in [0.4, 0.5) is 5.69 Å². The second-order valence-electron chi connectivity index (χ2n) is 4.98. The number of nitrogens with two attached hydrogens (primary N) is 1. The van der Waals surface area contributed by atoms with Crippen LogP contribution in [-0.2, 0) is 16.0 Å². The molecular formula is C17H17Cl2NO2. The summed E-state index contributed by atoms with van der Waals surface area (Å²) >= 11 is 11.9. The van der Waals surface area contributed by atoms with Crippen LogP contribution in [0.25, 0.3) is 0 Å². The van der Waals surface area contributed by atoms with Crippen molar-refractivity contribution in [3.05, 3.63) is 64.2 Å². The summed E-state index contributed by atoms with van der Waals surface area (Å²) in [6.07, 6.45) is 6.10. The Hall–Kier alpha value is -1.71. The van der Waals surface area contributed by atoms with Gasteiger partial charge in [-0.2, -0.15) is 0 Å². The maximum absolute atomic E-state index is 11.9. The highest BCUT2D eigenvalue weighted by Gasteiger charge is 2.25. The number of hydrogen-bond donors (Lipinski definition) is 1. The van der Waals surface area contributed by atoms with E-state index >= 15 is 0 Å². The molecule has 116 valence electrons. The quantitative estimate of drug-likeness (QED) is 0.484. The van der Waals surface area contributed by atoms with E-state index < -0.39 is 0 Å². The fourth-order valence-electron chi connectivity index (χ4n) is 2.37. The third kappa shape index (κ3) is 4.15. The van der Waals surface area contributed by atoms with Gasteiger partial charge in [-0.25, -0.2) is 0 Å². The lowest BCUT2D eigenvalue weighted by Gasteiger charge is -2.13. The van der Waals surface area contributed by atoms with E-state index in [2.05, 4.69) is 6.58 Å². The van der Waals surface area contributed by atoms with Gasteiger partial charge in [-0.1, -0.05) is 48.0 Å². The number of rotatable bonds is 5.